The molecule has 0 radical (unpaired) electrons. The van der Waals surface area contributed by atoms with Crippen molar-refractivity contribution in [1.29, 1.82) is 0 Å². The van der Waals surface area contributed by atoms with Gasteiger partial charge in [0.15, 0.2) is 0 Å². The topological polar surface area (TPSA) is 70.2 Å². The zero-order chi connectivity index (χ0) is 17.4. The average molecular weight is 319 g/mol. The van der Waals surface area contributed by atoms with Crippen LogP contribution in [0.1, 0.15) is 64.0 Å². The van der Waals surface area contributed by atoms with Crippen molar-refractivity contribution in [2.75, 3.05) is 18.4 Å². The van der Waals surface area contributed by atoms with E-state index >= 15 is 0 Å². The molecule has 0 aliphatic rings. The minimum atomic E-state index is -0.355. The van der Waals surface area contributed by atoms with Crippen LogP contribution in [0.25, 0.3) is 0 Å². The minimum Gasteiger partial charge on any atom is -0.355 e. The van der Waals surface area contributed by atoms with Crippen LogP contribution in [0.5, 0.6) is 0 Å². The first-order valence-electron chi connectivity index (χ1n) is 8.31. The second kappa shape index (κ2) is 9.18. The number of rotatable bonds is 7. The summed E-state index contributed by atoms with van der Waals surface area (Å²) in [5, 5.41) is 8.26. The van der Waals surface area contributed by atoms with Gasteiger partial charge < -0.3 is 16.0 Å². The molecule has 0 spiro atoms. The second-order valence-electron chi connectivity index (χ2n) is 6.28. The van der Waals surface area contributed by atoms with Crippen molar-refractivity contribution < 1.29 is 9.59 Å². The van der Waals surface area contributed by atoms with Crippen LogP contribution < -0.4 is 16.0 Å². The van der Waals surface area contributed by atoms with E-state index in [0.717, 1.165) is 23.2 Å². The highest BCUT2D eigenvalue weighted by Crippen LogP contribution is 2.32. The van der Waals surface area contributed by atoms with Crippen molar-refractivity contribution in [2.24, 2.45) is 0 Å². The summed E-state index contributed by atoms with van der Waals surface area (Å²) in [6.45, 7) is 11.0. The third kappa shape index (κ3) is 5.93. The minimum absolute atomic E-state index is 0.0211. The molecule has 0 bridgehead atoms. The Bertz CT molecular complexity index is 513. The Balaban J connectivity index is 2.79. The fourth-order valence-corrected chi connectivity index (χ4v) is 2.34. The van der Waals surface area contributed by atoms with Gasteiger partial charge in [0.1, 0.15) is 0 Å². The zero-order valence-electron chi connectivity index (χ0n) is 14.8. The van der Waals surface area contributed by atoms with Gasteiger partial charge in [-0.1, -0.05) is 52.8 Å². The van der Waals surface area contributed by atoms with Crippen LogP contribution in [0.4, 0.5) is 10.5 Å². The number of hydrogen-bond acceptors (Lipinski definition) is 2. The number of urea groups is 1. The predicted molar refractivity (Wildman–Crippen MR) is 94.9 cm³/mol. The smallest absolute Gasteiger partial charge is 0.319 e. The number of para-hydroxylation sites is 1. The van der Waals surface area contributed by atoms with E-state index < -0.39 is 0 Å². The number of amides is 3. The van der Waals surface area contributed by atoms with Gasteiger partial charge in [-0.3, -0.25) is 4.79 Å². The lowest BCUT2D eigenvalue weighted by atomic mass is 9.93. The highest BCUT2D eigenvalue weighted by Gasteiger charge is 2.16. The maximum atomic E-state index is 12.1. The summed E-state index contributed by atoms with van der Waals surface area (Å²) in [4.78, 5) is 23.7. The predicted octanol–water partition coefficient (Wildman–Crippen LogP) is 3.58. The Morgan fingerprint density at radius 3 is 2.04 bits per heavy atom. The Morgan fingerprint density at radius 1 is 1.00 bits per heavy atom. The van der Waals surface area contributed by atoms with Gasteiger partial charge in [0.05, 0.1) is 6.54 Å². The summed E-state index contributed by atoms with van der Waals surface area (Å²) in [7, 11) is 0. The highest BCUT2D eigenvalue weighted by atomic mass is 16.2. The third-order valence-corrected chi connectivity index (χ3v) is 3.59. The first-order chi connectivity index (χ1) is 10.9. The van der Waals surface area contributed by atoms with Gasteiger partial charge in [-0.15, -0.1) is 0 Å². The van der Waals surface area contributed by atoms with Crippen molar-refractivity contribution in [3.05, 3.63) is 29.3 Å². The van der Waals surface area contributed by atoms with E-state index in [1.54, 1.807) is 0 Å². The molecule has 5 heteroatoms. The molecule has 0 saturated carbocycles. The summed E-state index contributed by atoms with van der Waals surface area (Å²) in [6, 6.07) is 5.72. The van der Waals surface area contributed by atoms with Crippen molar-refractivity contribution in [3.8, 4) is 0 Å². The molecule has 0 heterocycles. The van der Waals surface area contributed by atoms with Crippen LogP contribution in [0, 0.1) is 0 Å². The van der Waals surface area contributed by atoms with Gasteiger partial charge in [-0.2, -0.15) is 0 Å². The molecule has 0 aromatic heterocycles. The molecule has 1 aromatic carbocycles. The van der Waals surface area contributed by atoms with Crippen molar-refractivity contribution >= 4 is 17.6 Å². The first-order valence-corrected chi connectivity index (χ1v) is 8.31. The molecule has 23 heavy (non-hydrogen) atoms. The van der Waals surface area contributed by atoms with Gasteiger partial charge in [-0.25, -0.2) is 4.79 Å². The van der Waals surface area contributed by atoms with E-state index in [1.807, 2.05) is 25.1 Å². The summed E-state index contributed by atoms with van der Waals surface area (Å²) >= 11 is 0. The van der Waals surface area contributed by atoms with Crippen LogP contribution in [0.15, 0.2) is 18.2 Å². The Kier molecular flexibility index (Phi) is 7.59. The van der Waals surface area contributed by atoms with Gasteiger partial charge in [0, 0.05) is 12.2 Å². The molecule has 0 aliphatic heterocycles. The fourth-order valence-electron chi connectivity index (χ4n) is 2.34. The Labute approximate surface area is 139 Å². The lowest BCUT2D eigenvalue weighted by Gasteiger charge is -2.20. The van der Waals surface area contributed by atoms with E-state index in [0.29, 0.717) is 18.4 Å². The summed E-state index contributed by atoms with van der Waals surface area (Å²) < 4.78 is 0. The first kappa shape index (κ1) is 19.0. The molecule has 0 aliphatic carbocycles. The van der Waals surface area contributed by atoms with Crippen molar-refractivity contribution in [1.82, 2.24) is 10.6 Å². The lowest BCUT2D eigenvalue weighted by molar-refractivity contribution is -0.120. The molecule has 0 saturated heterocycles. The molecule has 5 nitrogen and oxygen atoms in total. The van der Waals surface area contributed by atoms with Crippen LogP contribution in [-0.4, -0.2) is 25.0 Å². The van der Waals surface area contributed by atoms with E-state index in [4.69, 9.17) is 0 Å². The quantitative estimate of drug-likeness (QED) is 0.719. The fraction of sp³-hybridized carbons (Fsp3) is 0.556. The standard InChI is InChI=1S/C18H29N3O2/c1-6-10-19-16(22)11-20-18(23)21-17-14(12(2)3)8-7-9-15(17)13(4)5/h7-9,12-13H,6,10-11H2,1-5H3,(H,19,22)(H2,20,21,23). The number of carbonyl (C=O) groups excluding carboxylic acids is 2. The van der Waals surface area contributed by atoms with Gasteiger partial charge >= 0.3 is 6.03 Å². The number of nitrogens with one attached hydrogen (secondary N) is 3. The molecule has 0 fully saturated rings. The number of anilines is 1. The van der Waals surface area contributed by atoms with Gasteiger partial charge in [-0.05, 0) is 29.4 Å². The Morgan fingerprint density at radius 2 is 1.57 bits per heavy atom. The Hall–Kier alpha value is -2.04. The molecule has 3 amide bonds. The summed E-state index contributed by atoms with van der Waals surface area (Å²) in [5.41, 5.74) is 3.05. The number of carbonyl (C=O) groups is 2. The molecule has 1 rings (SSSR count). The number of hydrogen-bond donors (Lipinski definition) is 3. The highest BCUT2D eigenvalue weighted by molar-refractivity contribution is 5.93. The molecular weight excluding hydrogens is 290 g/mol. The molecule has 0 atom stereocenters. The van der Waals surface area contributed by atoms with E-state index in [9.17, 15) is 9.59 Å². The van der Waals surface area contributed by atoms with Crippen LogP contribution >= 0.6 is 0 Å². The molecule has 3 N–H and O–H groups in total. The van der Waals surface area contributed by atoms with Crippen LogP contribution in [-0.2, 0) is 4.79 Å². The second-order valence-corrected chi connectivity index (χ2v) is 6.28. The zero-order valence-corrected chi connectivity index (χ0v) is 14.8. The van der Waals surface area contributed by atoms with E-state index in [-0.39, 0.29) is 18.5 Å². The van der Waals surface area contributed by atoms with Crippen molar-refractivity contribution in [3.63, 3.8) is 0 Å². The third-order valence-electron chi connectivity index (χ3n) is 3.59. The van der Waals surface area contributed by atoms with Gasteiger partial charge in [0.2, 0.25) is 5.91 Å². The molecule has 0 unspecified atom stereocenters. The van der Waals surface area contributed by atoms with Crippen LogP contribution in [0.2, 0.25) is 0 Å². The van der Waals surface area contributed by atoms with Crippen molar-refractivity contribution in [2.45, 2.75) is 52.9 Å². The largest absolute Gasteiger partial charge is 0.355 e. The molecule has 1 aromatic rings. The maximum absolute atomic E-state index is 12.1. The van der Waals surface area contributed by atoms with E-state index in [1.165, 1.54) is 0 Å². The van der Waals surface area contributed by atoms with Gasteiger partial charge in [0.25, 0.3) is 0 Å². The monoisotopic (exact) mass is 319 g/mol. The SMILES string of the molecule is CCCNC(=O)CNC(=O)Nc1c(C(C)C)cccc1C(C)C. The average Bonchev–Trinajstić information content (AvgIpc) is 2.50. The molecule has 128 valence electrons. The number of benzene rings is 1. The normalized spacial score (nSPS) is 10.7. The summed E-state index contributed by atoms with van der Waals surface area (Å²) in [6.07, 6.45) is 0.872. The lowest BCUT2D eigenvalue weighted by Crippen LogP contribution is -2.39. The summed E-state index contributed by atoms with van der Waals surface area (Å²) in [5.74, 6) is 0.428. The molecular formula is C18H29N3O2. The maximum Gasteiger partial charge on any atom is 0.319 e. The van der Waals surface area contributed by atoms with E-state index in [2.05, 4.69) is 43.6 Å². The van der Waals surface area contributed by atoms with Crippen LogP contribution in [0.3, 0.4) is 0 Å².